The number of fused-ring (bicyclic) bond motifs is 1. The summed E-state index contributed by atoms with van der Waals surface area (Å²) in [6, 6.07) is 17.3. The predicted molar refractivity (Wildman–Crippen MR) is 124 cm³/mol. The molecule has 2 aromatic carbocycles. The Labute approximate surface area is 182 Å². The molecule has 0 saturated carbocycles. The summed E-state index contributed by atoms with van der Waals surface area (Å²) in [5.41, 5.74) is 1.72. The summed E-state index contributed by atoms with van der Waals surface area (Å²) in [6.45, 7) is 6.89. The topological polar surface area (TPSA) is 55.2 Å². The van der Waals surface area contributed by atoms with Gasteiger partial charge >= 0.3 is 0 Å². The lowest BCUT2D eigenvalue weighted by molar-refractivity contribution is -0.128. The third kappa shape index (κ3) is 5.11. The Morgan fingerprint density at radius 3 is 2.43 bits per heavy atom. The third-order valence-corrected chi connectivity index (χ3v) is 6.30. The molecule has 0 aliphatic heterocycles. The average Bonchev–Trinajstić information content (AvgIpc) is 2.76. The molecule has 5 nitrogen and oxygen atoms in total. The number of hydrogen-bond acceptors (Lipinski definition) is 4. The fourth-order valence-corrected chi connectivity index (χ4v) is 4.19. The second kappa shape index (κ2) is 9.94. The predicted octanol–water partition coefficient (Wildman–Crippen LogP) is 4.75. The lowest BCUT2D eigenvalue weighted by atomic mass is 10.1. The molecule has 30 heavy (non-hydrogen) atoms. The number of nitrogens with zero attached hydrogens (tertiary/aromatic N) is 3. The van der Waals surface area contributed by atoms with Gasteiger partial charge in [-0.3, -0.25) is 14.2 Å². The highest BCUT2D eigenvalue weighted by molar-refractivity contribution is 7.99. The number of thioether (sulfide) groups is 1. The second-order valence-corrected chi connectivity index (χ2v) is 8.87. The molecule has 158 valence electrons. The summed E-state index contributed by atoms with van der Waals surface area (Å²) in [6.07, 6.45) is 0.881. The van der Waals surface area contributed by atoms with Crippen molar-refractivity contribution in [1.82, 2.24) is 14.5 Å². The quantitative estimate of drug-likeness (QED) is 0.387. The molecule has 1 amide bonds. The maximum atomic E-state index is 13.0. The minimum absolute atomic E-state index is 0.00849. The number of aromatic nitrogens is 2. The van der Waals surface area contributed by atoms with Crippen LogP contribution in [0, 0.1) is 5.92 Å². The lowest BCUT2D eigenvalue weighted by Gasteiger charge is -2.25. The maximum absolute atomic E-state index is 13.0. The first kappa shape index (κ1) is 22.1. The first-order valence-electron chi connectivity index (χ1n) is 10.3. The van der Waals surface area contributed by atoms with Gasteiger partial charge in [-0.2, -0.15) is 0 Å². The first-order valence-corrected chi connectivity index (χ1v) is 11.3. The van der Waals surface area contributed by atoms with Crippen LogP contribution in [-0.4, -0.2) is 33.2 Å². The third-order valence-electron chi connectivity index (χ3n) is 5.34. The Balaban J connectivity index is 1.81. The Morgan fingerprint density at radius 2 is 1.73 bits per heavy atom. The van der Waals surface area contributed by atoms with Crippen LogP contribution in [0.3, 0.4) is 0 Å². The van der Waals surface area contributed by atoms with Gasteiger partial charge in [0, 0.05) is 13.6 Å². The zero-order valence-electron chi connectivity index (χ0n) is 18.0. The zero-order chi connectivity index (χ0) is 21.7. The number of hydrogen-bond donors (Lipinski definition) is 0. The molecule has 0 radical (unpaired) electrons. The molecule has 6 heteroatoms. The highest BCUT2D eigenvalue weighted by Gasteiger charge is 2.19. The van der Waals surface area contributed by atoms with Crippen LogP contribution in [0.15, 0.2) is 64.5 Å². The van der Waals surface area contributed by atoms with Crippen molar-refractivity contribution >= 4 is 28.6 Å². The van der Waals surface area contributed by atoms with Crippen LogP contribution in [0.1, 0.15) is 38.8 Å². The van der Waals surface area contributed by atoms with Gasteiger partial charge in [0.1, 0.15) is 0 Å². The lowest BCUT2D eigenvalue weighted by Crippen LogP contribution is -2.31. The molecule has 0 spiro atoms. The fraction of sp³-hybridized carbons (Fsp3) is 0.375. The molecule has 0 unspecified atom stereocenters. The van der Waals surface area contributed by atoms with Crippen molar-refractivity contribution in [2.24, 2.45) is 5.92 Å². The maximum Gasteiger partial charge on any atom is 0.262 e. The molecule has 0 aliphatic carbocycles. The Hall–Kier alpha value is -2.60. The van der Waals surface area contributed by atoms with Gasteiger partial charge in [-0.05, 0) is 37.0 Å². The van der Waals surface area contributed by atoms with E-state index in [0.29, 0.717) is 28.5 Å². The monoisotopic (exact) mass is 423 g/mol. The van der Waals surface area contributed by atoms with Crippen molar-refractivity contribution in [3.8, 4) is 0 Å². The van der Waals surface area contributed by atoms with Gasteiger partial charge in [-0.1, -0.05) is 68.1 Å². The summed E-state index contributed by atoms with van der Waals surface area (Å²) in [5.74, 6) is 0.718. The molecular formula is C24H29N3O2S. The molecule has 1 aromatic heterocycles. The van der Waals surface area contributed by atoms with Gasteiger partial charge in [0.2, 0.25) is 5.91 Å². The van der Waals surface area contributed by atoms with Gasteiger partial charge in [-0.25, -0.2) is 4.98 Å². The van der Waals surface area contributed by atoms with E-state index in [1.807, 2.05) is 68.6 Å². The fourth-order valence-electron chi connectivity index (χ4n) is 3.24. The minimum Gasteiger partial charge on any atom is -0.338 e. The summed E-state index contributed by atoms with van der Waals surface area (Å²) >= 11 is 1.34. The summed E-state index contributed by atoms with van der Waals surface area (Å²) in [5, 5.41) is 1.22. The molecular weight excluding hydrogens is 394 g/mol. The number of carbonyl (C=O) groups is 1. The highest BCUT2D eigenvalue weighted by Crippen LogP contribution is 2.22. The van der Waals surface area contributed by atoms with Crippen molar-refractivity contribution in [2.45, 2.75) is 44.9 Å². The number of carbonyl (C=O) groups excluding carboxylic acids is 1. The minimum atomic E-state index is -0.0396. The van der Waals surface area contributed by atoms with Gasteiger partial charge in [0.25, 0.3) is 5.56 Å². The van der Waals surface area contributed by atoms with Gasteiger partial charge in [-0.15, -0.1) is 0 Å². The van der Waals surface area contributed by atoms with Crippen LogP contribution in [0.2, 0.25) is 0 Å². The highest BCUT2D eigenvalue weighted by atomic mass is 32.2. The number of para-hydroxylation sites is 1. The number of benzene rings is 2. The van der Waals surface area contributed by atoms with E-state index < -0.39 is 0 Å². The molecule has 0 bridgehead atoms. The standard InChI is InChI=1S/C24H29N3O2S/c1-17(2)14-15-27-23(29)20-12-8-9-13-21(20)25-24(27)30-16-22(28)26(4)18(3)19-10-6-5-7-11-19/h5-13,17-18H,14-16H2,1-4H3/t18-/m0/s1. The Morgan fingerprint density at radius 1 is 1.07 bits per heavy atom. The molecule has 0 aliphatic rings. The van der Waals surface area contributed by atoms with E-state index in [9.17, 15) is 9.59 Å². The number of amides is 1. The van der Waals surface area contributed by atoms with E-state index >= 15 is 0 Å². The molecule has 1 atom stereocenters. The number of rotatable bonds is 8. The Kier molecular flexibility index (Phi) is 7.32. The van der Waals surface area contributed by atoms with E-state index in [-0.39, 0.29) is 23.3 Å². The van der Waals surface area contributed by atoms with Crippen LogP contribution in [0.25, 0.3) is 10.9 Å². The molecule has 1 heterocycles. The van der Waals surface area contributed by atoms with Crippen molar-refractivity contribution in [1.29, 1.82) is 0 Å². The van der Waals surface area contributed by atoms with Gasteiger partial charge < -0.3 is 4.90 Å². The first-order chi connectivity index (χ1) is 14.4. The van der Waals surface area contributed by atoms with E-state index in [1.165, 1.54) is 11.8 Å². The smallest absolute Gasteiger partial charge is 0.262 e. The molecule has 0 saturated heterocycles. The van der Waals surface area contributed by atoms with Crippen LogP contribution < -0.4 is 5.56 Å². The summed E-state index contributed by atoms with van der Waals surface area (Å²) in [7, 11) is 1.82. The van der Waals surface area contributed by atoms with E-state index in [4.69, 9.17) is 4.98 Å². The normalized spacial score (nSPS) is 12.3. The van der Waals surface area contributed by atoms with Crippen LogP contribution in [0.5, 0.6) is 0 Å². The largest absolute Gasteiger partial charge is 0.338 e. The molecule has 0 N–H and O–H groups in total. The van der Waals surface area contributed by atoms with Crippen molar-refractivity contribution in [2.75, 3.05) is 12.8 Å². The van der Waals surface area contributed by atoms with Crippen molar-refractivity contribution in [3.63, 3.8) is 0 Å². The van der Waals surface area contributed by atoms with E-state index in [0.717, 1.165) is 12.0 Å². The van der Waals surface area contributed by atoms with Crippen LogP contribution in [-0.2, 0) is 11.3 Å². The molecule has 3 rings (SSSR count). The van der Waals surface area contributed by atoms with Crippen molar-refractivity contribution in [3.05, 3.63) is 70.5 Å². The second-order valence-electron chi connectivity index (χ2n) is 7.93. The van der Waals surface area contributed by atoms with Crippen molar-refractivity contribution < 1.29 is 4.79 Å². The Bertz CT molecular complexity index is 1060. The summed E-state index contributed by atoms with van der Waals surface area (Å²) < 4.78 is 1.72. The van der Waals surface area contributed by atoms with Crippen LogP contribution >= 0.6 is 11.8 Å². The average molecular weight is 424 g/mol. The van der Waals surface area contributed by atoms with E-state index in [2.05, 4.69) is 13.8 Å². The SMILES string of the molecule is CC(C)CCn1c(SCC(=O)N(C)[C@@H](C)c2ccccc2)nc2ccccc2c1=O. The zero-order valence-corrected chi connectivity index (χ0v) is 18.9. The van der Waals surface area contributed by atoms with Gasteiger partial charge in [0.15, 0.2) is 5.16 Å². The van der Waals surface area contributed by atoms with E-state index in [1.54, 1.807) is 9.47 Å². The molecule has 0 fully saturated rings. The molecule has 3 aromatic rings. The van der Waals surface area contributed by atoms with Crippen LogP contribution in [0.4, 0.5) is 0 Å². The summed E-state index contributed by atoms with van der Waals surface area (Å²) in [4.78, 5) is 32.3. The van der Waals surface area contributed by atoms with Gasteiger partial charge in [0.05, 0.1) is 22.7 Å².